The van der Waals surface area contributed by atoms with Crippen LogP contribution in [0, 0.1) is 12.7 Å². The number of rotatable bonds is 1. The molecule has 0 amide bonds. The van der Waals surface area contributed by atoms with Crippen LogP contribution < -0.4 is 0 Å². The average Bonchev–Trinajstić information content (AvgIpc) is 2.26. The van der Waals surface area contributed by atoms with Gasteiger partial charge in [0.25, 0.3) is 0 Å². The Morgan fingerprint density at radius 2 is 2.00 bits per heavy atom. The second-order valence-corrected chi connectivity index (χ2v) is 3.84. The highest BCUT2D eigenvalue weighted by Gasteiger charge is 2.13. The number of aromatic nitrogens is 3. The Labute approximate surface area is 101 Å². The first-order valence-electron chi connectivity index (χ1n) is 4.40. The molecule has 6 heteroatoms. The zero-order valence-electron chi connectivity index (χ0n) is 8.21. The van der Waals surface area contributed by atoms with Gasteiger partial charge in [-0.25, -0.2) is 14.4 Å². The van der Waals surface area contributed by atoms with Crippen molar-refractivity contribution in [1.29, 1.82) is 0 Å². The molecule has 0 saturated heterocycles. The minimum atomic E-state index is -0.627. The standard InChI is InChI=1S/C10H6Cl2FN3/c1-5-7(13)9(12)16-10(15-5)8-6(11)3-2-4-14-8/h2-4H,1H3. The fourth-order valence-corrected chi connectivity index (χ4v) is 1.60. The molecule has 0 aliphatic heterocycles. The summed E-state index contributed by atoms with van der Waals surface area (Å²) in [6.07, 6.45) is 1.55. The van der Waals surface area contributed by atoms with Crippen LogP contribution in [-0.2, 0) is 0 Å². The maximum atomic E-state index is 13.2. The Hall–Kier alpha value is -1.26. The van der Waals surface area contributed by atoms with Crippen molar-refractivity contribution in [2.75, 3.05) is 0 Å². The topological polar surface area (TPSA) is 38.7 Å². The minimum Gasteiger partial charge on any atom is -0.251 e. The fourth-order valence-electron chi connectivity index (χ4n) is 1.18. The van der Waals surface area contributed by atoms with Gasteiger partial charge in [-0.3, -0.25) is 4.98 Å². The molecular formula is C10H6Cl2FN3. The van der Waals surface area contributed by atoms with Crippen molar-refractivity contribution >= 4 is 23.2 Å². The third kappa shape index (κ3) is 1.99. The second kappa shape index (κ2) is 4.31. The van der Waals surface area contributed by atoms with E-state index in [1.165, 1.54) is 6.92 Å². The molecule has 0 aliphatic carbocycles. The van der Waals surface area contributed by atoms with E-state index in [1.807, 2.05) is 0 Å². The molecular weight excluding hydrogens is 252 g/mol. The van der Waals surface area contributed by atoms with E-state index in [4.69, 9.17) is 23.2 Å². The summed E-state index contributed by atoms with van der Waals surface area (Å²) in [7, 11) is 0. The summed E-state index contributed by atoms with van der Waals surface area (Å²) in [5.74, 6) is -0.410. The van der Waals surface area contributed by atoms with Crippen LogP contribution in [0.15, 0.2) is 18.3 Å². The molecule has 0 aromatic carbocycles. The van der Waals surface area contributed by atoms with Gasteiger partial charge in [-0.05, 0) is 19.1 Å². The number of hydrogen-bond donors (Lipinski definition) is 0. The molecule has 82 valence electrons. The lowest BCUT2D eigenvalue weighted by molar-refractivity contribution is 0.603. The molecule has 0 atom stereocenters. The predicted molar refractivity (Wildman–Crippen MR) is 60.0 cm³/mol. The zero-order chi connectivity index (χ0) is 11.7. The number of halogens is 3. The highest BCUT2D eigenvalue weighted by Crippen LogP contribution is 2.24. The number of nitrogens with zero attached hydrogens (tertiary/aromatic N) is 3. The minimum absolute atomic E-state index is 0.164. The van der Waals surface area contributed by atoms with Crippen LogP contribution >= 0.6 is 23.2 Å². The molecule has 0 aliphatic rings. The third-order valence-corrected chi connectivity index (χ3v) is 2.50. The normalized spacial score (nSPS) is 10.5. The molecule has 2 heterocycles. The van der Waals surface area contributed by atoms with Crippen molar-refractivity contribution in [1.82, 2.24) is 15.0 Å². The van der Waals surface area contributed by atoms with Crippen LogP contribution in [0.1, 0.15) is 5.69 Å². The van der Waals surface area contributed by atoms with Crippen molar-refractivity contribution in [3.05, 3.63) is 40.0 Å². The number of pyridine rings is 1. The molecule has 0 bridgehead atoms. The van der Waals surface area contributed by atoms with Gasteiger partial charge in [0.1, 0.15) is 5.69 Å². The third-order valence-electron chi connectivity index (χ3n) is 1.95. The lowest BCUT2D eigenvalue weighted by Crippen LogP contribution is -1.99. The molecule has 0 unspecified atom stereocenters. The first kappa shape index (κ1) is 11.2. The average molecular weight is 258 g/mol. The van der Waals surface area contributed by atoms with Gasteiger partial charge >= 0.3 is 0 Å². The number of hydrogen-bond acceptors (Lipinski definition) is 3. The van der Waals surface area contributed by atoms with Crippen molar-refractivity contribution in [2.24, 2.45) is 0 Å². The Bertz CT molecular complexity index is 522. The molecule has 2 rings (SSSR count). The summed E-state index contributed by atoms with van der Waals surface area (Å²) < 4.78 is 13.2. The van der Waals surface area contributed by atoms with E-state index in [0.717, 1.165) is 0 Å². The molecule has 0 radical (unpaired) electrons. The molecule has 0 fully saturated rings. The van der Waals surface area contributed by atoms with E-state index in [-0.39, 0.29) is 16.7 Å². The van der Waals surface area contributed by atoms with Gasteiger partial charge in [-0.15, -0.1) is 0 Å². The van der Waals surface area contributed by atoms with Crippen LogP contribution in [0.5, 0.6) is 0 Å². The van der Waals surface area contributed by atoms with E-state index in [0.29, 0.717) is 10.7 Å². The van der Waals surface area contributed by atoms with Crippen molar-refractivity contribution in [3.63, 3.8) is 0 Å². The second-order valence-electron chi connectivity index (χ2n) is 3.07. The van der Waals surface area contributed by atoms with E-state index < -0.39 is 5.82 Å². The van der Waals surface area contributed by atoms with E-state index in [9.17, 15) is 4.39 Å². The predicted octanol–water partition coefficient (Wildman–Crippen LogP) is 3.29. The summed E-state index contributed by atoms with van der Waals surface area (Å²) in [5.41, 5.74) is 0.547. The Morgan fingerprint density at radius 1 is 1.25 bits per heavy atom. The quantitative estimate of drug-likeness (QED) is 0.736. The monoisotopic (exact) mass is 257 g/mol. The van der Waals surface area contributed by atoms with Gasteiger partial charge in [0, 0.05) is 6.20 Å². The summed E-state index contributed by atoms with van der Waals surface area (Å²) in [5, 5.41) is 0.161. The molecule has 0 saturated carbocycles. The Balaban J connectivity index is 2.62. The van der Waals surface area contributed by atoms with Crippen LogP contribution in [-0.4, -0.2) is 15.0 Å². The van der Waals surface area contributed by atoms with Crippen molar-refractivity contribution in [2.45, 2.75) is 6.92 Å². The largest absolute Gasteiger partial charge is 0.251 e. The highest BCUT2D eigenvalue weighted by atomic mass is 35.5. The van der Waals surface area contributed by atoms with E-state index in [2.05, 4.69) is 15.0 Å². The molecule has 0 spiro atoms. The van der Waals surface area contributed by atoms with Gasteiger partial charge in [-0.1, -0.05) is 23.2 Å². The highest BCUT2D eigenvalue weighted by molar-refractivity contribution is 6.33. The first-order chi connectivity index (χ1) is 7.59. The fraction of sp³-hybridized carbons (Fsp3) is 0.100. The summed E-state index contributed by atoms with van der Waals surface area (Å²) in [6.45, 7) is 1.50. The lowest BCUT2D eigenvalue weighted by Gasteiger charge is -2.04. The molecule has 0 N–H and O–H groups in total. The maximum Gasteiger partial charge on any atom is 0.181 e. The maximum absolute atomic E-state index is 13.2. The van der Waals surface area contributed by atoms with Crippen LogP contribution in [0.2, 0.25) is 10.2 Å². The van der Waals surface area contributed by atoms with Gasteiger partial charge in [0.05, 0.1) is 10.7 Å². The molecule has 2 aromatic rings. The Kier molecular flexibility index (Phi) is 3.03. The summed E-state index contributed by atoms with van der Waals surface area (Å²) >= 11 is 11.5. The van der Waals surface area contributed by atoms with Crippen LogP contribution in [0.4, 0.5) is 4.39 Å². The zero-order valence-corrected chi connectivity index (χ0v) is 9.72. The van der Waals surface area contributed by atoms with Crippen molar-refractivity contribution < 1.29 is 4.39 Å². The molecule has 16 heavy (non-hydrogen) atoms. The summed E-state index contributed by atoms with van der Waals surface area (Å²) in [4.78, 5) is 11.8. The molecule has 3 nitrogen and oxygen atoms in total. The van der Waals surface area contributed by atoms with Gasteiger partial charge in [-0.2, -0.15) is 0 Å². The SMILES string of the molecule is Cc1nc(-c2ncccc2Cl)nc(Cl)c1F. The van der Waals surface area contributed by atoms with Crippen molar-refractivity contribution in [3.8, 4) is 11.5 Å². The van der Waals surface area contributed by atoms with Gasteiger partial charge in [0.15, 0.2) is 16.8 Å². The summed E-state index contributed by atoms with van der Waals surface area (Å²) in [6, 6.07) is 3.34. The van der Waals surface area contributed by atoms with Crippen LogP contribution in [0.3, 0.4) is 0 Å². The number of aryl methyl sites for hydroxylation is 1. The first-order valence-corrected chi connectivity index (χ1v) is 5.15. The smallest absolute Gasteiger partial charge is 0.181 e. The van der Waals surface area contributed by atoms with Crippen LogP contribution in [0.25, 0.3) is 11.5 Å². The Morgan fingerprint density at radius 3 is 2.62 bits per heavy atom. The van der Waals surface area contributed by atoms with E-state index >= 15 is 0 Å². The lowest BCUT2D eigenvalue weighted by atomic mass is 10.3. The van der Waals surface area contributed by atoms with Gasteiger partial charge < -0.3 is 0 Å². The van der Waals surface area contributed by atoms with E-state index in [1.54, 1.807) is 18.3 Å². The van der Waals surface area contributed by atoms with Gasteiger partial charge in [0.2, 0.25) is 0 Å². The molecule has 2 aromatic heterocycles.